The summed E-state index contributed by atoms with van der Waals surface area (Å²) in [5.41, 5.74) is 13.3. The molecule has 4 rings (SSSR count). The van der Waals surface area contributed by atoms with Crippen LogP contribution in [-0.4, -0.2) is 16.7 Å². The standard InChI is InChI=1S/C27H21N3O4/c1-2-24(31)21-10-6-9-20(25(21)28)23-16-15-22(26(29)32)27(30-23)34-19-13-11-18(12-14-19)33-17-7-4-3-5-8-17/h2-16H,1,28H2,(H2,29,32). The molecule has 3 aromatic carbocycles. The van der Waals surface area contributed by atoms with E-state index < -0.39 is 5.91 Å². The number of para-hydroxylation sites is 2. The highest BCUT2D eigenvalue weighted by atomic mass is 16.5. The van der Waals surface area contributed by atoms with Crippen LogP contribution in [0.3, 0.4) is 0 Å². The molecular formula is C27H21N3O4. The highest BCUT2D eigenvalue weighted by Gasteiger charge is 2.17. The van der Waals surface area contributed by atoms with Gasteiger partial charge in [0.25, 0.3) is 5.91 Å². The zero-order valence-electron chi connectivity index (χ0n) is 18.1. The van der Waals surface area contributed by atoms with Gasteiger partial charge in [0.05, 0.1) is 11.4 Å². The first-order valence-corrected chi connectivity index (χ1v) is 10.3. The molecule has 1 heterocycles. The van der Waals surface area contributed by atoms with Gasteiger partial charge in [-0.3, -0.25) is 9.59 Å². The molecule has 4 aromatic rings. The number of allylic oxidation sites excluding steroid dienone is 1. The van der Waals surface area contributed by atoms with Gasteiger partial charge in [-0.25, -0.2) is 4.98 Å². The van der Waals surface area contributed by atoms with Crippen LogP contribution in [0.5, 0.6) is 23.1 Å². The number of aromatic nitrogens is 1. The normalized spacial score (nSPS) is 10.4. The molecule has 7 heteroatoms. The van der Waals surface area contributed by atoms with E-state index in [-0.39, 0.29) is 22.9 Å². The van der Waals surface area contributed by atoms with Crippen molar-refractivity contribution in [3.05, 3.63) is 109 Å². The van der Waals surface area contributed by atoms with Crippen molar-refractivity contribution in [3.63, 3.8) is 0 Å². The van der Waals surface area contributed by atoms with Gasteiger partial charge in [0.1, 0.15) is 22.8 Å². The monoisotopic (exact) mass is 451 g/mol. The van der Waals surface area contributed by atoms with Crippen LogP contribution in [0.25, 0.3) is 11.3 Å². The minimum Gasteiger partial charge on any atom is -0.457 e. The zero-order valence-corrected chi connectivity index (χ0v) is 18.1. The van der Waals surface area contributed by atoms with Crippen molar-refractivity contribution in [1.29, 1.82) is 0 Å². The maximum atomic E-state index is 12.1. The van der Waals surface area contributed by atoms with Gasteiger partial charge in [0.15, 0.2) is 5.78 Å². The molecule has 0 spiro atoms. The quantitative estimate of drug-likeness (QED) is 0.211. The summed E-state index contributed by atoms with van der Waals surface area (Å²) in [4.78, 5) is 28.5. The van der Waals surface area contributed by atoms with E-state index in [9.17, 15) is 9.59 Å². The van der Waals surface area contributed by atoms with E-state index in [1.165, 1.54) is 12.1 Å². The summed E-state index contributed by atoms with van der Waals surface area (Å²) in [5.74, 6) is 0.768. The number of hydrogen-bond acceptors (Lipinski definition) is 6. The lowest BCUT2D eigenvalue weighted by Gasteiger charge is -2.13. The van der Waals surface area contributed by atoms with E-state index in [2.05, 4.69) is 11.6 Å². The van der Waals surface area contributed by atoms with Crippen LogP contribution >= 0.6 is 0 Å². The van der Waals surface area contributed by atoms with Crippen LogP contribution in [0.15, 0.2) is 97.6 Å². The molecule has 0 fully saturated rings. The molecule has 4 N–H and O–H groups in total. The molecule has 0 aliphatic heterocycles. The maximum absolute atomic E-state index is 12.1. The van der Waals surface area contributed by atoms with Crippen molar-refractivity contribution in [1.82, 2.24) is 4.98 Å². The molecule has 7 nitrogen and oxygen atoms in total. The average molecular weight is 451 g/mol. The third-order valence-corrected chi connectivity index (χ3v) is 4.98. The number of nitrogens with two attached hydrogens (primary N) is 2. The van der Waals surface area contributed by atoms with Gasteiger partial charge in [0.2, 0.25) is 5.88 Å². The van der Waals surface area contributed by atoms with E-state index >= 15 is 0 Å². The van der Waals surface area contributed by atoms with E-state index in [1.54, 1.807) is 48.5 Å². The predicted molar refractivity (Wildman–Crippen MR) is 130 cm³/mol. The third-order valence-electron chi connectivity index (χ3n) is 4.98. The number of anilines is 1. The average Bonchev–Trinajstić information content (AvgIpc) is 2.85. The van der Waals surface area contributed by atoms with Crippen molar-refractivity contribution in [2.75, 3.05) is 5.73 Å². The van der Waals surface area contributed by atoms with E-state index in [1.807, 2.05) is 30.3 Å². The number of carbonyl (C=O) groups is 2. The summed E-state index contributed by atoms with van der Waals surface area (Å²) in [7, 11) is 0. The van der Waals surface area contributed by atoms with Crippen molar-refractivity contribution in [2.24, 2.45) is 5.73 Å². The Bertz CT molecular complexity index is 1370. The van der Waals surface area contributed by atoms with Crippen LogP contribution < -0.4 is 20.9 Å². The number of carbonyl (C=O) groups excluding carboxylic acids is 2. The Hall–Kier alpha value is -4.91. The molecule has 0 atom stereocenters. The van der Waals surface area contributed by atoms with Crippen LogP contribution in [0.2, 0.25) is 0 Å². The van der Waals surface area contributed by atoms with Crippen LogP contribution in [0.4, 0.5) is 5.69 Å². The summed E-state index contributed by atoms with van der Waals surface area (Å²) in [6.07, 6.45) is 1.19. The van der Waals surface area contributed by atoms with E-state index in [4.69, 9.17) is 20.9 Å². The first-order valence-electron chi connectivity index (χ1n) is 10.3. The Morgan fingerprint density at radius 2 is 1.41 bits per heavy atom. The summed E-state index contributed by atoms with van der Waals surface area (Å²) in [5, 5.41) is 0. The van der Waals surface area contributed by atoms with Gasteiger partial charge in [0, 0.05) is 11.1 Å². The van der Waals surface area contributed by atoms with Crippen molar-refractivity contribution >= 4 is 17.4 Å². The number of ether oxygens (including phenoxy) is 2. The molecule has 0 unspecified atom stereocenters. The van der Waals surface area contributed by atoms with Crippen molar-refractivity contribution in [3.8, 4) is 34.4 Å². The molecule has 0 aliphatic rings. The van der Waals surface area contributed by atoms with E-state index in [0.29, 0.717) is 34.1 Å². The Kier molecular flexibility index (Phi) is 6.36. The van der Waals surface area contributed by atoms with Gasteiger partial charge in [-0.2, -0.15) is 0 Å². The number of amides is 1. The lowest BCUT2D eigenvalue weighted by molar-refractivity contribution is 0.0996. The molecule has 0 saturated heterocycles. The Labute approximate surface area is 196 Å². The number of pyridine rings is 1. The SMILES string of the molecule is C=CC(=O)c1cccc(-c2ccc(C(N)=O)c(Oc3ccc(Oc4ccccc4)cc3)n2)c1N. The minimum absolute atomic E-state index is 0.0154. The number of rotatable bonds is 8. The van der Waals surface area contributed by atoms with Gasteiger partial charge in [-0.05, 0) is 60.7 Å². The molecule has 1 aromatic heterocycles. The molecule has 0 saturated carbocycles. The van der Waals surface area contributed by atoms with Crippen molar-refractivity contribution in [2.45, 2.75) is 0 Å². The Morgan fingerprint density at radius 3 is 2.06 bits per heavy atom. The number of hydrogen-bond donors (Lipinski definition) is 2. The highest BCUT2D eigenvalue weighted by Crippen LogP contribution is 2.32. The van der Waals surface area contributed by atoms with Crippen LogP contribution in [-0.2, 0) is 0 Å². The molecule has 168 valence electrons. The second-order valence-corrected chi connectivity index (χ2v) is 7.24. The molecule has 0 aliphatic carbocycles. The molecule has 0 radical (unpaired) electrons. The topological polar surface area (TPSA) is 118 Å². The van der Waals surface area contributed by atoms with Crippen molar-refractivity contribution < 1.29 is 19.1 Å². The Morgan fingerprint density at radius 1 is 0.765 bits per heavy atom. The number of primary amides is 1. The number of ketones is 1. The number of benzene rings is 3. The van der Waals surface area contributed by atoms with Gasteiger partial charge >= 0.3 is 0 Å². The highest BCUT2D eigenvalue weighted by molar-refractivity contribution is 6.09. The summed E-state index contributed by atoms with van der Waals surface area (Å²) >= 11 is 0. The zero-order chi connectivity index (χ0) is 24.1. The minimum atomic E-state index is -0.693. The fourth-order valence-corrected chi connectivity index (χ4v) is 3.28. The number of nitrogen functional groups attached to an aromatic ring is 1. The Balaban J connectivity index is 1.64. The fraction of sp³-hybridized carbons (Fsp3) is 0. The van der Waals surface area contributed by atoms with E-state index in [0.717, 1.165) is 0 Å². The van der Waals surface area contributed by atoms with Gasteiger partial charge in [-0.15, -0.1) is 0 Å². The van der Waals surface area contributed by atoms with Gasteiger partial charge in [-0.1, -0.05) is 36.9 Å². The molecule has 0 bridgehead atoms. The molecule has 1 amide bonds. The first-order chi connectivity index (χ1) is 16.5. The third kappa shape index (κ3) is 4.78. The predicted octanol–water partition coefficient (Wildman–Crippen LogP) is 5.38. The summed E-state index contributed by atoms with van der Waals surface area (Å²) in [6, 6.07) is 24.3. The number of nitrogens with zero attached hydrogens (tertiary/aromatic N) is 1. The maximum Gasteiger partial charge on any atom is 0.254 e. The molecular weight excluding hydrogens is 430 g/mol. The smallest absolute Gasteiger partial charge is 0.254 e. The summed E-state index contributed by atoms with van der Waals surface area (Å²) in [6.45, 7) is 3.50. The second kappa shape index (κ2) is 9.70. The van der Waals surface area contributed by atoms with Gasteiger partial charge < -0.3 is 20.9 Å². The summed E-state index contributed by atoms with van der Waals surface area (Å²) < 4.78 is 11.7. The van der Waals surface area contributed by atoms with Crippen LogP contribution in [0, 0.1) is 0 Å². The fourth-order valence-electron chi connectivity index (χ4n) is 3.28. The lowest BCUT2D eigenvalue weighted by atomic mass is 10.0. The second-order valence-electron chi connectivity index (χ2n) is 7.24. The largest absolute Gasteiger partial charge is 0.457 e. The van der Waals surface area contributed by atoms with Crippen LogP contribution in [0.1, 0.15) is 20.7 Å². The first kappa shape index (κ1) is 22.3. The lowest BCUT2D eigenvalue weighted by Crippen LogP contribution is -2.13. The molecule has 34 heavy (non-hydrogen) atoms.